The molecule has 0 aliphatic rings. The molecule has 2 aromatic rings. The Kier molecular flexibility index (Phi) is 4.56. The van der Waals surface area contributed by atoms with Crippen molar-refractivity contribution in [2.24, 2.45) is 0 Å². The number of aryl methyl sites for hydroxylation is 2. The van der Waals surface area contributed by atoms with E-state index in [0.717, 1.165) is 22.2 Å². The molecule has 0 unspecified atom stereocenters. The van der Waals surface area contributed by atoms with Gasteiger partial charge in [-0.1, -0.05) is 11.6 Å². The van der Waals surface area contributed by atoms with Crippen molar-refractivity contribution in [3.63, 3.8) is 0 Å². The van der Waals surface area contributed by atoms with Crippen LogP contribution >= 0.6 is 11.6 Å². The highest BCUT2D eigenvalue weighted by Crippen LogP contribution is 2.20. The fraction of sp³-hybridized carbons (Fsp3) is 0.438. The second-order valence-electron chi connectivity index (χ2n) is 6.24. The number of aromatic nitrogens is 2. The van der Waals surface area contributed by atoms with E-state index in [1.54, 1.807) is 20.8 Å². The molecule has 22 heavy (non-hydrogen) atoms. The van der Waals surface area contributed by atoms with E-state index in [9.17, 15) is 4.79 Å². The van der Waals surface area contributed by atoms with Crippen LogP contribution in [0.15, 0.2) is 12.1 Å². The standard InChI is InChI=1S/C16H20ClN3O2/c1-9-6-11-12(7-10(9)2)20-14(17)13(19-11)8-18-15(21)22-16(3,4)5/h6-7H,8H2,1-5H3,(H,18,21). The van der Waals surface area contributed by atoms with Gasteiger partial charge in [0.2, 0.25) is 0 Å². The Balaban J connectivity index is 2.19. The summed E-state index contributed by atoms with van der Waals surface area (Å²) in [7, 11) is 0. The minimum absolute atomic E-state index is 0.170. The first kappa shape index (κ1) is 16.5. The summed E-state index contributed by atoms with van der Waals surface area (Å²) in [5, 5.41) is 2.92. The van der Waals surface area contributed by atoms with Crippen molar-refractivity contribution < 1.29 is 9.53 Å². The van der Waals surface area contributed by atoms with Crippen LogP contribution in [-0.4, -0.2) is 21.7 Å². The third kappa shape index (κ3) is 4.07. The fourth-order valence-electron chi connectivity index (χ4n) is 1.91. The van der Waals surface area contributed by atoms with Crippen LogP contribution < -0.4 is 5.32 Å². The Labute approximate surface area is 135 Å². The summed E-state index contributed by atoms with van der Waals surface area (Å²) in [6.07, 6.45) is -0.509. The zero-order valence-corrected chi connectivity index (χ0v) is 14.2. The van der Waals surface area contributed by atoms with Gasteiger partial charge in [-0.15, -0.1) is 0 Å². The maximum Gasteiger partial charge on any atom is 0.407 e. The van der Waals surface area contributed by atoms with E-state index in [0.29, 0.717) is 5.69 Å². The molecule has 0 saturated heterocycles. The van der Waals surface area contributed by atoms with Crippen LogP contribution in [0.3, 0.4) is 0 Å². The minimum atomic E-state index is -0.544. The van der Waals surface area contributed by atoms with Crippen LogP contribution in [0.1, 0.15) is 37.6 Å². The molecule has 0 saturated carbocycles. The first-order valence-electron chi connectivity index (χ1n) is 7.06. The second kappa shape index (κ2) is 6.08. The van der Waals surface area contributed by atoms with E-state index in [1.807, 2.05) is 26.0 Å². The van der Waals surface area contributed by atoms with Gasteiger partial charge in [0.05, 0.1) is 23.3 Å². The molecule has 0 radical (unpaired) electrons. The van der Waals surface area contributed by atoms with Gasteiger partial charge < -0.3 is 10.1 Å². The molecule has 0 spiro atoms. The van der Waals surface area contributed by atoms with Gasteiger partial charge in [-0.2, -0.15) is 0 Å². The lowest BCUT2D eigenvalue weighted by molar-refractivity contribution is 0.0523. The molecular formula is C16H20ClN3O2. The van der Waals surface area contributed by atoms with Crippen molar-refractivity contribution in [1.82, 2.24) is 15.3 Å². The number of hydrogen-bond acceptors (Lipinski definition) is 4. The smallest absolute Gasteiger partial charge is 0.407 e. The average Bonchev–Trinajstić information content (AvgIpc) is 2.36. The predicted molar refractivity (Wildman–Crippen MR) is 87.1 cm³/mol. The van der Waals surface area contributed by atoms with Gasteiger partial charge in [-0.05, 0) is 57.9 Å². The third-order valence-corrected chi connectivity index (χ3v) is 3.40. The summed E-state index contributed by atoms with van der Waals surface area (Å²) >= 11 is 6.15. The Morgan fingerprint density at radius 3 is 2.27 bits per heavy atom. The first-order valence-corrected chi connectivity index (χ1v) is 7.44. The largest absolute Gasteiger partial charge is 0.444 e. The third-order valence-electron chi connectivity index (χ3n) is 3.10. The summed E-state index contributed by atoms with van der Waals surface area (Å²) in [5.74, 6) is 0. The Bertz CT molecular complexity index is 723. The van der Waals surface area contributed by atoms with Gasteiger partial charge in [0, 0.05) is 0 Å². The van der Waals surface area contributed by atoms with Crippen molar-refractivity contribution in [2.75, 3.05) is 0 Å². The molecule has 1 heterocycles. The summed E-state index contributed by atoms with van der Waals surface area (Å²) in [6.45, 7) is 9.62. The molecule has 0 aliphatic carbocycles. The van der Waals surface area contributed by atoms with Crippen molar-refractivity contribution in [3.8, 4) is 0 Å². The first-order chi connectivity index (χ1) is 10.2. The van der Waals surface area contributed by atoms with E-state index in [4.69, 9.17) is 16.3 Å². The Hall–Kier alpha value is -1.88. The number of fused-ring (bicyclic) bond motifs is 1. The molecule has 1 aromatic carbocycles. The second-order valence-corrected chi connectivity index (χ2v) is 6.60. The monoisotopic (exact) mass is 321 g/mol. The van der Waals surface area contributed by atoms with Crippen LogP contribution in [-0.2, 0) is 11.3 Å². The summed E-state index contributed by atoms with van der Waals surface area (Å²) in [4.78, 5) is 20.5. The van der Waals surface area contributed by atoms with Crippen LogP contribution in [0, 0.1) is 13.8 Å². The number of alkyl carbamates (subject to hydrolysis) is 1. The van der Waals surface area contributed by atoms with Crippen LogP contribution in [0.4, 0.5) is 4.79 Å². The zero-order valence-electron chi connectivity index (χ0n) is 13.5. The molecule has 2 rings (SSSR count). The van der Waals surface area contributed by atoms with Gasteiger partial charge >= 0.3 is 6.09 Å². The molecular weight excluding hydrogens is 302 g/mol. The molecule has 6 heteroatoms. The van der Waals surface area contributed by atoms with Crippen molar-refractivity contribution in [3.05, 3.63) is 34.1 Å². The van der Waals surface area contributed by atoms with E-state index < -0.39 is 11.7 Å². The van der Waals surface area contributed by atoms with Crippen LogP contribution in [0.25, 0.3) is 11.0 Å². The number of carbonyl (C=O) groups is 1. The maximum absolute atomic E-state index is 11.7. The molecule has 0 atom stereocenters. The highest BCUT2D eigenvalue weighted by atomic mass is 35.5. The minimum Gasteiger partial charge on any atom is -0.444 e. The van der Waals surface area contributed by atoms with Crippen molar-refractivity contribution >= 4 is 28.7 Å². The molecule has 118 valence electrons. The number of benzene rings is 1. The summed E-state index contributed by atoms with van der Waals surface area (Å²) in [6, 6.07) is 3.92. The molecule has 1 aromatic heterocycles. The number of hydrogen-bond donors (Lipinski definition) is 1. The highest BCUT2D eigenvalue weighted by molar-refractivity contribution is 6.30. The number of carbonyl (C=O) groups excluding carboxylic acids is 1. The highest BCUT2D eigenvalue weighted by Gasteiger charge is 2.17. The van der Waals surface area contributed by atoms with Gasteiger partial charge in [-0.3, -0.25) is 0 Å². The van der Waals surface area contributed by atoms with E-state index in [2.05, 4.69) is 15.3 Å². The topological polar surface area (TPSA) is 64.1 Å². The Morgan fingerprint density at radius 2 is 1.73 bits per heavy atom. The molecule has 0 aliphatic heterocycles. The van der Waals surface area contributed by atoms with Gasteiger partial charge in [0.25, 0.3) is 0 Å². The Morgan fingerprint density at radius 1 is 1.18 bits per heavy atom. The number of halogens is 1. The SMILES string of the molecule is Cc1cc2nc(Cl)c(CNC(=O)OC(C)(C)C)nc2cc1C. The number of nitrogens with zero attached hydrogens (tertiary/aromatic N) is 2. The van der Waals surface area contributed by atoms with E-state index >= 15 is 0 Å². The van der Waals surface area contributed by atoms with Crippen molar-refractivity contribution in [2.45, 2.75) is 46.8 Å². The van der Waals surface area contributed by atoms with E-state index in [-0.39, 0.29) is 11.7 Å². The number of ether oxygens (including phenoxy) is 1. The molecule has 5 nitrogen and oxygen atoms in total. The number of rotatable bonds is 2. The summed E-state index contributed by atoms with van der Waals surface area (Å²) < 4.78 is 5.18. The zero-order chi connectivity index (χ0) is 16.5. The van der Waals surface area contributed by atoms with Crippen LogP contribution in [0.2, 0.25) is 5.15 Å². The number of amides is 1. The lowest BCUT2D eigenvalue weighted by Crippen LogP contribution is -2.32. The molecule has 1 amide bonds. The number of nitrogens with one attached hydrogen (secondary N) is 1. The maximum atomic E-state index is 11.7. The van der Waals surface area contributed by atoms with Gasteiger partial charge in [0.15, 0.2) is 5.15 Å². The fourth-order valence-corrected chi connectivity index (χ4v) is 2.11. The lowest BCUT2D eigenvalue weighted by atomic mass is 10.1. The van der Waals surface area contributed by atoms with Crippen LogP contribution in [0.5, 0.6) is 0 Å². The van der Waals surface area contributed by atoms with Gasteiger partial charge in [-0.25, -0.2) is 14.8 Å². The lowest BCUT2D eigenvalue weighted by Gasteiger charge is -2.19. The predicted octanol–water partition coefficient (Wildman–Crippen LogP) is 3.92. The van der Waals surface area contributed by atoms with E-state index in [1.165, 1.54) is 0 Å². The van der Waals surface area contributed by atoms with Gasteiger partial charge in [0.1, 0.15) is 5.60 Å². The quantitative estimate of drug-likeness (QED) is 0.910. The summed E-state index contributed by atoms with van der Waals surface area (Å²) in [5.41, 5.74) is 3.75. The molecule has 0 fully saturated rings. The average molecular weight is 322 g/mol. The molecule has 1 N–H and O–H groups in total. The van der Waals surface area contributed by atoms with Crippen molar-refractivity contribution in [1.29, 1.82) is 0 Å². The molecule has 0 bridgehead atoms. The normalized spacial score (nSPS) is 11.5.